The molecule has 3 rings (SSSR count). The molecule has 0 atom stereocenters. The minimum atomic E-state index is -0.877. The molecule has 1 aromatic heterocycles. The summed E-state index contributed by atoms with van der Waals surface area (Å²) in [4.78, 5) is 24.6. The Balaban J connectivity index is 1.71. The molecule has 0 unspecified atom stereocenters. The van der Waals surface area contributed by atoms with Crippen LogP contribution in [-0.4, -0.2) is 37.3 Å². The summed E-state index contributed by atoms with van der Waals surface area (Å²) in [5, 5.41) is 12.1. The number of nitriles is 1. The van der Waals surface area contributed by atoms with Crippen LogP contribution in [0.3, 0.4) is 0 Å². The third kappa shape index (κ3) is 5.64. The van der Waals surface area contributed by atoms with E-state index in [1.807, 2.05) is 54.8 Å². The van der Waals surface area contributed by atoms with Crippen LogP contribution in [0.1, 0.15) is 17.0 Å². The zero-order chi connectivity index (χ0) is 24.7. The Morgan fingerprint density at radius 3 is 2.38 bits per heavy atom. The van der Waals surface area contributed by atoms with E-state index in [0.717, 1.165) is 22.8 Å². The standard InChI is InChI=1S/C26H25N3O5/c1-17-12-19(18(2)29(17)22-8-10-23(32-3)11-9-22)13-20(15-27)26(31)34-16-25(30)28-21-6-5-7-24(14-21)33-4/h5-14H,16H2,1-4H3,(H,28,30)/b20-13+. The van der Waals surface area contributed by atoms with E-state index in [1.54, 1.807) is 31.4 Å². The number of hydrogen-bond acceptors (Lipinski definition) is 6. The number of benzene rings is 2. The van der Waals surface area contributed by atoms with E-state index in [2.05, 4.69) is 5.32 Å². The number of ether oxygens (including phenoxy) is 3. The van der Waals surface area contributed by atoms with Crippen LogP contribution in [0.25, 0.3) is 11.8 Å². The topological polar surface area (TPSA) is 103 Å². The van der Waals surface area contributed by atoms with Crippen molar-refractivity contribution in [3.05, 3.63) is 77.1 Å². The number of carbonyl (C=O) groups excluding carboxylic acids is 2. The van der Waals surface area contributed by atoms with E-state index in [1.165, 1.54) is 13.2 Å². The SMILES string of the molecule is COc1ccc(-n2c(C)cc(/C=C(\C#N)C(=O)OCC(=O)Nc3cccc(OC)c3)c2C)cc1. The van der Waals surface area contributed by atoms with Gasteiger partial charge in [0.2, 0.25) is 0 Å². The van der Waals surface area contributed by atoms with Crippen LogP contribution in [0.4, 0.5) is 5.69 Å². The molecule has 3 aromatic rings. The fraction of sp³-hybridized carbons (Fsp3) is 0.192. The van der Waals surface area contributed by atoms with Gasteiger partial charge in [-0.2, -0.15) is 5.26 Å². The molecule has 0 radical (unpaired) electrons. The number of nitrogens with one attached hydrogen (secondary N) is 1. The second-order valence-corrected chi connectivity index (χ2v) is 7.39. The summed E-state index contributed by atoms with van der Waals surface area (Å²) < 4.78 is 17.4. The number of amides is 1. The van der Waals surface area contributed by atoms with Crippen LogP contribution in [0.2, 0.25) is 0 Å². The predicted octanol–water partition coefficient (Wildman–Crippen LogP) is 4.20. The first-order valence-electron chi connectivity index (χ1n) is 10.4. The van der Waals surface area contributed by atoms with Gasteiger partial charge in [0.05, 0.1) is 14.2 Å². The maximum absolute atomic E-state index is 12.4. The van der Waals surface area contributed by atoms with E-state index in [0.29, 0.717) is 17.0 Å². The zero-order valence-corrected chi connectivity index (χ0v) is 19.4. The molecule has 1 amide bonds. The Bertz CT molecular complexity index is 1270. The second-order valence-electron chi connectivity index (χ2n) is 7.39. The molecule has 0 bridgehead atoms. The molecule has 0 aliphatic carbocycles. The van der Waals surface area contributed by atoms with Crippen molar-refractivity contribution in [1.82, 2.24) is 4.57 Å². The Labute approximate surface area is 198 Å². The van der Waals surface area contributed by atoms with Crippen molar-refractivity contribution in [3.63, 3.8) is 0 Å². The van der Waals surface area contributed by atoms with Gasteiger partial charge in [-0.1, -0.05) is 6.07 Å². The maximum Gasteiger partial charge on any atom is 0.349 e. The van der Waals surface area contributed by atoms with E-state index < -0.39 is 18.5 Å². The Kier molecular flexibility index (Phi) is 7.72. The molecule has 8 nitrogen and oxygen atoms in total. The van der Waals surface area contributed by atoms with Gasteiger partial charge in [0, 0.05) is 28.8 Å². The molecule has 0 aliphatic heterocycles. The molecule has 34 heavy (non-hydrogen) atoms. The van der Waals surface area contributed by atoms with Gasteiger partial charge < -0.3 is 24.1 Å². The van der Waals surface area contributed by atoms with Crippen molar-refractivity contribution in [3.8, 4) is 23.3 Å². The molecule has 0 spiro atoms. The van der Waals surface area contributed by atoms with Crippen molar-refractivity contribution in [2.45, 2.75) is 13.8 Å². The number of aromatic nitrogens is 1. The number of anilines is 1. The largest absolute Gasteiger partial charge is 0.497 e. The average molecular weight is 460 g/mol. The van der Waals surface area contributed by atoms with Gasteiger partial charge in [0.25, 0.3) is 5.91 Å². The Morgan fingerprint density at radius 1 is 1.03 bits per heavy atom. The van der Waals surface area contributed by atoms with Crippen LogP contribution in [0, 0.1) is 25.2 Å². The highest BCUT2D eigenvalue weighted by Crippen LogP contribution is 2.24. The number of methoxy groups -OCH3 is 2. The van der Waals surface area contributed by atoms with E-state index in [-0.39, 0.29) is 5.57 Å². The second kappa shape index (κ2) is 10.9. The van der Waals surface area contributed by atoms with E-state index >= 15 is 0 Å². The van der Waals surface area contributed by atoms with Gasteiger partial charge in [-0.15, -0.1) is 0 Å². The number of hydrogen-bond donors (Lipinski definition) is 1. The number of rotatable bonds is 8. The van der Waals surface area contributed by atoms with Gasteiger partial charge in [0.15, 0.2) is 6.61 Å². The van der Waals surface area contributed by atoms with Crippen molar-refractivity contribution in [2.75, 3.05) is 26.1 Å². The molecule has 0 fully saturated rings. The highest BCUT2D eigenvalue weighted by molar-refractivity contribution is 6.00. The zero-order valence-electron chi connectivity index (χ0n) is 19.4. The van der Waals surface area contributed by atoms with Crippen LogP contribution >= 0.6 is 0 Å². The molecule has 1 N–H and O–H groups in total. The van der Waals surface area contributed by atoms with Gasteiger partial charge in [0.1, 0.15) is 23.1 Å². The maximum atomic E-state index is 12.4. The minimum Gasteiger partial charge on any atom is -0.497 e. The molecule has 1 heterocycles. The van der Waals surface area contributed by atoms with E-state index in [9.17, 15) is 14.9 Å². The highest BCUT2D eigenvalue weighted by atomic mass is 16.5. The number of carbonyl (C=O) groups is 2. The third-order valence-corrected chi connectivity index (χ3v) is 5.13. The summed E-state index contributed by atoms with van der Waals surface area (Å²) in [7, 11) is 3.13. The third-order valence-electron chi connectivity index (χ3n) is 5.13. The molecular weight excluding hydrogens is 434 g/mol. The van der Waals surface area contributed by atoms with E-state index in [4.69, 9.17) is 14.2 Å². The molecular formula is C26H25N3O5. The van der Waals surface area contributed by atoms with Gasteiger partial charge in [-0.25, -0.2) is 4.79 Å². The van der Waals surface area contributed by atoms with Crippen molar-refractivity contribution < 1.29 is 23.8 Å². The lowest BCUT2D eigenvalue weighted by Crippen LogP contribution is -2.21. The lowest BCUT2D eigenvalue weighted by Gasteiger charge is -2.10. The Morgan fingerprint density at radius 2 is 1.74 bits per heavy atom. The normalized spacial score (nSPS) is 10.9. The van der Waals surface area contributed by atoms with Crippen LogP contribution < -0.4 is 14.8 Å². The number of nitrogens with zero attached hydrogens (tertiary/aromatic N) is 2. The summed E-state index contributed by atoms with van der Waals surface area (Å²) in [6.07, 6.45) is 1.46. The fourth-order valence-electron chi connectivity index (χ4n) is 3.46. The van der Waals surface area contributed by atoms with Crippen LogP contribution in [0.15, 0.2) is 60.2 Å². The smallest absolute Gasteiger partial charge is 0.349 e. The first-order chi connectivity index (χ1) is 16.4. The predicted molar refractivity (Wildman–Crippen MR) is 128 cm³/mol. The summed E-state index contributed by atoms with van der Waals surface area (Å²) in [6.45, 7) is 3.30. The Hall–Kier alpha value is -4.51. The van der Waals surface area contributed by atoms with Crippen molar-refractivity contribution in [2.24, 2.45) is 0 Å². The van der Waals surface area contributed by atoms with Crippen LogP contribution in [0.5, 0.6) is 11.5 Å². The number of aryl methyl sites for hydroxylation is 1. The average Bonchev–Trinajstić information content (AvgIpc) is 3.13. The quantitative estimate of drug-likeness (QED) is 0.308. The first-order valence-corrected chi connectivity index (χ1v) is 10.4. The summed E-state index contributed by atoms with van der Waals surface area (Å²) >= 11 is 0. The summed E-state index contributed by atoms with van der Waals surface area (Å²) in [6, 6.07) is 18.1. The summed E-state index contributed by atoms with van der Waals surface area (Å²) in [5.74, 6) is -0.0814. The highest BCUT2D eigenvalue weighted by Gasteiger charge is 2.16. The van der Waals surface area contributed by atoms with Gasteiger partial charge in [-0.05, 0) is 68.0 Å². The molecule has 8 heteroatoms. The molecule has 2 aromatic carbocycles. The van der Waals surface area contributed by atoms with Crippen molar-refractivity contribution in [1.29, 1.82) is 5.26 Å². The van der Waals surface area contributed by atoms with Gasteiger partial charge in [-0.3, -0.25) is 4.79 Å². The lowest BCUT2D eigenvalue weighted by atomic mass is 10.1. The number of esters is 1. The lowest BCUT2D eigenvalue weighted by molar-refractivity contribution is -0.142. The summed E-state index contributed by atoms with van der Waals surface area (Å²) in [5.41, 5.74) is 3.69. The molecule has 0 aliphatic rings. The molecule has 0 saturated heterocycles. The van der Waals surface area contributed by atoms with Gasteiger partial charge >= 0.3 is 5.97 Å². The molecule has 174 valence electrons. The monoisotopic (exact) mass is 459 g/mol. The van der Waals surface area contributed by atoms with Crippen molar-refractivity contribution >= 4 is 23.6 Å². The first kappa shape index (κ1) is 24.1. The minimum absolute atomic E-state index is 0.204. The van der Waals surface area contributed by atoms with Crippen LogP contribution in [-0.2, 0) is 14.3 Å². The molecule has 0 saturated carbocycles. The fourth-order valence-corrected chi connectivity index (χ4v) is 3.46.